The summed E-state index contributed by atoms with van der Waals surface area (Å²) in [7, 11) is 1.49. The largest absolute Gasteiger partial charge is 0.495 e. The van der Waals surface area contributed by atoms with Gasteiger partial charge < -0.3 is 10.5 Å². The first kappa shape index (κ1) is 12.6. The van der Waals surface area contributed by atoms with Gasteiger partial charge in [0.05, 0.1) is 17.7 Å². The van der Waals surface area contributed by atoms with Crippen molar-refractivity contribution in [3.05, 3.63) is 35.9 Å². The standard InChI is InChI=1S/C12H12FN3OS/c1-7-5-15-12(16-6-7)18-11-4-10(17-2)9(14)3-8(11)13/h3-6H,14H2,1-2H3. The minimum atomic E-state index is -0.414. The van der Waals surface area contributed by atoms with Crippen molar-refractivity contribution in [1.82, 2.24) is 9.97 Å². The van der Waals surface area contributed by atoms with Gasteiger partial charge in [0.2, 0.25) is 0 Å². The lowest BCUT2D eigenvalue weighted by Gasteiger charge is -2.08. The highest BCUT2D eigenvalue weighted by Gasteiger charge is 2.11. The van der Waals surface area contributed by atoms with Gasteiger partial charge in [-0.1, -0.05) is 0 Å². The van der Waals surface area contributed by atoms with Gasteiger partial charge in [0.25, 0.3) is 0 Å². The molecular weight excluding hydrogens is 253 g/mol. The molecule has 2 rings (SSSR count). The molecule has 0 saturated carbocycles. The fourth-order valence-corrected chi connectivity index (χ4v) is 2.07. The third-order valence-electron chi connectivity index (χ3n) is 2.24. The van der Waals surface area contributed by atoms with Crippen molar-refractivity contribution in [3.8, 4) is 5.75 Å². The summed E-state index contributed by atoms with van der Waals surface area (Å²) in [5.41, 5.74) is 6.83. The van der Waals surface area contributed by atoms with Crippen LogP contribution in [-0.4, -0.2) is 17.1 Å². The fourth-order valence-electron chi connectivity index (χ4n) is 1.34. The van der Waals surface area contributed by atoms with Crippen LogP contribution >= 0.6 is 11.8 Å². The predicted octanol–water partition coefficient (Wildman–Crippen LogP) is 2.67. The number of methoxy groups -OCH3 is 1. The highest BCUT2D eigenvalue weighted by atomic mass is 32.2. The predicted molar refractivity (Wildman–Crippen MR) is 68.3 cm³/mol. The Balaban J connectivity index is 2.31. The smallest absolute Gasteiger partial charge is 0.192 e. The van der Waals surface area contributed by atoms with Gasteiger partial charge in [-0.05, 0) is 30.3 Å². The first-order valence-corrected chi connectivity index (χ1v) is 6.01. The van der Waals surface area contributed by atoms with Crippen molar-refractivity contribution in [2.45, 2.75) is 17.0 Å². The van der Waals surface area contributed by atoms with E-state index in [1.54, 1.807) is 18.5 Å². The number of aromatic nitrogens is 2. The second kappa shape index (κ2) is 5.22. The SMILES string of the molecule is COc1cc(Sc2ncc(C)cn2)c(F)cc1N. The van der Waals surface area contributed by atoms with Crippen molar-refractivity contribution >= 4 is 17.4 Å². The number of benzene rings is 1. The molecule has 0 atom stereocenters. The molecule has 1 aromatic heterocycles. The number of ether oxygens (including phenoxy) is 1. The zero-order valence-corrected chi connectivity index (χ0v) is 10.8. The third-order valence-corrected chi connectivity index (χ3v) is 3.17. The molecule has 94 valence electrons. The van der Waals surface area contributed by atoms with E-state index in [1.165, 1.54) is 13.2 Å². The molecule has 0 amide bonds. The molecule has 0 radical (unpaired) electrons. The van der Waals surface area contributed by atoms with Gasteiger partial charge in [0, 0.05) is 18.5 Å². The van der Waals surface area contributed by atoms with Gasteiger partial charge in [-0.15, -0.1) is 0 Å². The Morgan fingerprint density at radius 1 is 1.28 bits per heavy atom. The first-order valence-electron chi connectivity index (χ1n) is 5.19. The Bertz CT molecular complexity index is 560. The normalized spacial score (nSPS) is 10.4. The summed E-state index contributed by atoms with van der Waals surface area (Å²) in [6.45, 7) is 1.89. The van der Waals surface area contributed by atoms with Crippen molar-refractivity contribution in [2.24, 2.45) is 0 Å². The second-order valence-electron chi connectivity index (χ2n) is 3.67. The molecule has 18 heavy (non-hydrogen) atoms. The summed E-state index contributed by atoms with van der Waals surface area (Å²) in [5, 5.41) is 0.478. The van der Waals surface area contributed by atoms with Crippen LogP contribution in [0.5, 0.6) is 5.75 Å². The third kappa shape index (κ3) is 2.70. The molecule has 2 aromatic rings. The Labute approximate surface area is 108 Å². The van der Waals surface area contributed by atoms with E-state index < -0.39 is 5.82 Å². The number of rotatable bonds is 3. The average Bonchev–Trinajstić information content (AvgIpc) is 2.35. The molecule has 1 aromatic carbocycles. The Morgan fingerprint density at radius 3 is 2.56 bits per heavy atom. The monoisotopic (exact) mass is 265 g/mol. The van der Waals surface area contributed by atoms with Crippen molar-refractivity contribution in [2.75, 3.05) is 12.8 Å². The van der Waals surface area contributed by atoms with Gasteiger partial charge in [0.1, 0.15) is 11.6 Å². The first-order chi connectivity index (χ1) is 8.60. The van der Waals surface area contributed by atoms with Gasteiger partial charge in [0.15, 0.2) is 5.16 Å². The van der Waals surface area contributed by atoms with E-state index in [4.69, 9.17) is 10.5 Å². The van der Waals surface area contributed by atoms with Crippen molar-refractivity contribution in [3.63, 3.8) is 0 Å². The number of aryl methyl sites for hydroxylation is 1. The molecule has 0 aliphatic carbocycles. The van der Waals surface area contributed by atoms with E-state index in [0.717, 1.165) is 17.3 Å². The van der Waals surface area contributed by atoms with Gasteiger partial charge >= 0.3 is 0 Å². The molecule has 2 N–H and O–H groups in total. The Kier molecular flexibility index (Phi) is 3.66. The quantitative estimate of drug-likeness (QED) is 0.683. The number of hydrogen-bond donors (Lipinski definition) is 1. The van der Waals surface area contributed by atoms with Crippen molar-refractivity contribution < 1.29 is 9.13 Å². The highest BCUT2D eigenvalue weighted by molar-refractivity contribution is 7.99. The molecular formula is C12H12FN3OS. The lowest BCUT2D eigenvalue weighted by molar-refractivity contribution is 0.414. The van der Waals surface area contributed by atoms with E-state index in [0.29, 0.717) is 15.8 Å². The zero-order valence-electron chi connectivity index (χ0n) is 9.98. The maximum absolute atomic E-state index is 13.7. The molecule has 0 unspecified atom stereocenters. The van der Waals surface area contributed by atoms with Crippen LogP contribution in [0.15, 0.2) is 34.6 Å². The Hall–Kier alpha value is -1.82. The van der Waals surface area contributed by atoms with Crippen LogP contribution in [0.1, 0.15) is 5.56 Å². The van der Waals surface area contributed by atoms with Crippen LogP contribution in [0.4, 0.5) is 10.1 Å². The van der Waals surface area contributed by atoms with Gasteiger partial charge in [-0.3, -0.25) is 0 Å². The number of anilines is 1. The van der Waals surface area contributed by atoms with Crippen LogP contribution in [0, 0.1) is 12.7 Å². The van der Waals surface area contributed by atoms with E-state index in [1.807, 2.05) is 6.92 Å². The van der Waals surface area contributed by atoms with Gasteiger partial charge in [-0.2, -0.15) is 0 Å². The lowest BCUT2D eigenvalue weighted by atomic mass is 10.3. The molecule has 0 saturated heterocycles. The molecule has 0 aliphatic heterocycles. The summed E-state index contributed by atoms with van der Waals surface area (Å²) >= 11 is 1.13. The molecule has 0 fully saturated rings. The van der Waals surface area contributed by atoms with E-state index in [9.17, 15) is 4.39 Å². The van der Waals surface area contributed by atoms with Crippen LogP contribution in [0.25, 0.3) is 0 Å². The molecule has 0 aliphatic rings. The Morgan fingerprint density at radius 2 is 1.94 bits per heavy atom. The molecule has 6 heteroatoms. The summed E-state index contributed by atoms with van der Waals surface area (Å²) in [4.78, 5) is 8.59. The summed E-state index contributed by atoms with van der Waals surface area (Å²) in [6.07, 6.45) is 3.36. The second-order valence-corrected chi connectivity index (χ2v) is 4.68. The zero-order chi connectivity index (χ0) is 13.1. The summed E-state index contributed by atoms with van der Waals surface area (Å²) in [5.74, 6) is 0.0217. The molecule has 0 spiro atoms. The maximum Gasteiger partial charge on any atom is 0.192 e. The van der Waals surface area contributed by atoms with E-state index in [2.05, 4.69) is 9.97 Å². The minimum Gasteiger partial charge on any atom is -0.495 e. The number of nitrogens with two attached hydrogens (primary N) is 1. The van der Waals surface area contributed by atoms with Crippen LogP contribution in [-0.2, 0) is 0 Å². The molecule has 1 heterocycles. The topological polar surface area (TPSA) is 61.0 Å². The van der Waals surface area contributed by atoms with E-state index >= 15 is 0 Å². The van der Waals surface area contributed by atoms with Crippen LogP contribution in [0.2, 0.25) is 0 Å². The number of halogens is 1. The van der Waals surface area contributed by atoms with Crippen LogP contribution in [0.3, 0.4) is 0 Å². The number of nitrogens with zero attached hydrogens (tertiary/aromatic N) is 2. The summed E-state index contributed by atoms with van der Waals surface area (Å²) in [6, 6.07) is 2.77. The number of nitrogen functional groups attached to an aromatic ring is 1. The van der Waals surface area contributed by atoms with Gasteiger partial charge in [-0.25, -0.2) is 14.4 Å². The highest BCUT2D eigenvalue weighted by Crippen LogP contribution is 2.33. The number of hydrogen-bond acceptors (Lipinski definition) is 5. The molecule has 4 nitrogen and oxygen atoms in total. The average molecular weight is 265 g/mol. The minimum absolute atomic E-state index is 0.268. The van der Waals surface area contributed by atoms with Crippen molar-refractivity contribution in [1.29, 1.82) is 0 Å². The molecule has 0 bridgehead atoms. The lowest BCUT2D eigenvalue weighted by Crippen LogP contribution is -1.95. The van der Waals surface area contributed by atoms with Crippen LogP contribution < -0.4 is 10.5 Å². The fraction of sp³-hybridized carbons (Fsp3) is 0.167. The summed E-state index contributed by atoms with van der Waals surface area (Å²) < 4.78 is 18.8. The maximum atomic E-state index is 13.7. The van der Waals surface area contributed by atoms with E-state index in [-0.39, 0.29) is 5.69 Å².